The first kappa shape index (κ1) is 23.4. The standard InChI is InChI=1S/C17H24N2O6S.ClH/c1-17(2)10-19(8-7-14(17)18)26(22,23)13-9-11(15(20)24-3)5-6-12(13)16(21)25-4;/h5-6,9,14H,7-8,10,18H2,1-4H3;1H. The fourth-order valence-corrected chi connectivity index (χ4v) is 4.76. The zero-order valence-corrected chi connectivity index (χ0v) is 17.4. The molecule has 0 spiro atoms. The zero-order valence-electron chi connectivity index (χ0n) is 15.7. The lowest BCUT2D eigenvalue weighted by atomic mass is 9.81. The molecule has 0 aliphatic carbocycles. The summed E-state index contributed by atoms with van der Waals surface area (Å²) in [5.41, 5.74) is 5.56. The lowest BCUT2D eigenvalue weighted by Crippen LogP contribution is -2.54. The van der Waals surface area contributed by atoms with Gasteiger partial charge < -0.3 is 15.2 Å². The molecule has 8 nitrogen and oxygen atoms in total. The maximum atomic E-state index is 13.2. The van der Waals surface area contributed by atoms with Gasteiger partial charge in [0, 0.05) is 19.1 Å². The van der Waals surface area contributed by atoms with Crippen LogP contribution in [-0.4, -0.2) is 58.0 Å². The van der Waals surface area contributed by atoms with E-state index in [0.29, 0.717) is 6.42 Å². The van der Waals surface area contributed by atoms with Crippen molar-refractivity contribution in [2.45, 2.75) is 31.2 Å². The maximum absolute atomic E-state index is 13.2. The Morgan fingerprint density at radius 2 is 1.78 bits per heavy atom. The fraction of sp³-hybridized carbons (Fsp3) is 0.529. The van der Waals surface area contributed by atoms with E-state index in [0.717, 1.165) is 13.2 Å². The van der Waals surface area contributed by atoms with Crippen LogP contribution in [0.1, 0.15) is 41.0 Å². The van der Waals surface area contributed by atoms with E-state index in [-0.39, 0.29) is 47.6 Å². The molecule has 1 fully saturated rings. The highest BCUT2D eigenvalue weighted by Gasteiger charge is 2.40. The summed E-state index contributed by atoms with van der Waals surface area (Å²) in [4.78, 5) is 23.6. The Morgan fingerprint density at radius 3 is 2.30 bits per heavy atom. The van der Waals surface area contributed by atoms with Crippen LogP contribution >= 0.6 is 12.4 Å². The molecule has 1 aliphatic rings. The Labute approximate surface area is 165 Å². The molecule has 1 aromatic carbocycles. The quantitative estimate of drug-likeness (QED) is 0.732. The van der Waals surface area contributed by atoms with Crippen molar-refractivity contribution in [3.8, 4) is 0 Å². The molecule has 0 aromatic heterocycles. The normalized spacial score (nSPS) is 19.7. The molecule has 1 unspecified atom stereocenters. The van der Waals surface area contributed by atoms with Crippen molar-refractivity contribution < 1.29 is 27.5 Å². The molecule has 1 heterocycles. The average Bonchev–Trinajstić information content (AvgIpc) is 2.61. The van der Waals surface area contributed by atoms with Crippen LogP contribution in [-0.2, 0) is 19.5 Å². The van der Waals surface area contributed by atoms with Gasteiger partial charge in [0.05, 0.1) is 30.2 Å². The molecule has 1 saturated heterocycles. The van der Waals surface area contributed by atoms with Crippen molar-refractivity contribution in [1.82, 2.24) is 4.31 Å². The Kier molecular flexibility index (Phi) is 7.40. The molecule has 10 heteroatoms. The Bertz CT molecular complexity index is 825. The average molecular weight is 421 g/mol. The second-order valence-corrected chi connectivity index (χ2v) is 8.82. The molecule has 1 aromatic rings. The molecule has 152 valence electrons. The largest absolute Gasteiger partial charge is 0.465 e. The number of ether oxygens (including phenoxy) is 2. The second kappa shape index (κ2) is 8.55. The molecule has 1 atom stereocenters. The van der Waals surface area contributed by atoms with Crippen LogP contribution in [0, 0.1) is 5.41 Å². The molecule has 0 radical (unpaired) electrons. The number of hydrogen-bond donors (Lipinski definition) is 1. The predicted molar refractivity (Wildman–Crippen MR) is 102 cm³/mol. The third-order valence-electron chi connectivity index (χ3n) is 4.70. The minimum Gasteiger partial charge on any atom is -0.465 e. The molecule has 27 heavy (non-hydrogen) atoms. The topological polar surface area (TPSA) is 116 Å². The summed E-state index contributed by atoms with van der Waals surface area (Å²) in [6.45, 7) is 4.23. The molecule has 0 amide bonds. The molecular weight excluding hydrogens is 396 g/mol. The Morgan fingerprint density at radius 1 is 1.19 bits per heavy atom. The van der Waals surface area contributed by atoms with Crippen molar-refractivity contribution in [2.24, 2.45) is 11.1 Å². The van der Waals surface area contributed by atoms with Gasteiger partial charge in [0.15, 0.2) is 0 Å². The first-order valence-electron chi connectivity index (χ1n) is 8.11. The van der Waals surface area contributed by atoms with E-state index < -0.39 is 27.4 Å². The van der Waals surface area contributed by atoms with Crippen molar-refractivity contribution in [1.29, 1.82) is 0 Å². The SMILES string of the molecule is COC(=O)c1ccc(C(=O)OC)c(S(=O)(=O)N2CCC(N)C(C)(C)C2)c1.Cl. The van der Waals surface area contributed by atoms with E-state index in [4.69, 9.17) is 5.73 Å². The lowest BCUT2D eigenvalue weighted by Gasteiger charge is -2.41. The minimum absolute atomic E-state index is 0. The van der Waals surface area contributed by atoms with Crippen LogP contribution in [0.2, 0.25) is 0 Å². The number of sulfonamides is 1. The van der Waals surface area contributed by atoms with Gasteiger partial charge in [-0.2, -0.15) is 4.31 Å². The highest BCUT2D eigenvalue weighted by molar-refractivity contribution is 7.89. The predicted octanol–water partition coefficient (Wildman–Crippen LogP) is 1.43. The van der Waals surface area contributed by atoms with Crippen LogP contribution in [0.4, 0.5) is 0 Å². The van der Waals surface area contributed by atoms with E-state index >= 15 is 0 Å². The summed E-state index contributed by atoms with van der Waals surface area (Å²) in [5, 5.41) is 0. The monoisotopic (exact) mass is 420 g/mol. The summed E-state index contributed by atoms with van der Waals surface area (Å²) in [6, 6.07) is 3.60. The fourth-order valence-electron chi connectivity index (χ4n) is 2.93. The first-order chi connectivity index (χ1) is 12.0. The van der Waals surface area contributed by atoms with Crippen molar-refractivity contribution in [3.63, 3.8) is 0 Å². The summed E-state index contributed by atoms with van der Waals surface area (Å²) >= 11 is 0. The summed E-state index contributed by atoms with van der Waals surface area (Å²) in [7, 11) is -1.68. The molecule has 2 rings (SSSR count). The van der Waals surface area contributed by atoms with E-state index in [1.165, 1.54) is 23.5 Å². The highest BCUT2D eigenvalue weighted by atomic mass is 35.5. The van der Waals surface area contributed by atoms with E-state index in [1.54, 1.807) is 0 Å². The molecule has 1 aliphatic heterocycles. The first-order valence-corrected chi connectivity index (χ1v) is 9.55. The molecular formula is C17H25ClN2O6S. The Hall–Kier alpha value is -1.68. The van der Waals surface area contributed by atoms with Crippen LogP contribution in [0.25, 0.3) is 0 Å². The number of benzene rings is 1. The van der Waals surface area contributed by atoms with Crippen LogP contribution < -0.4 is 5.73 Å². The van der Waals surface area contributed by atoms with E-state index in [9.17, 15) is 18.0 Å². The number of rotatable bonds is 4. The van der Waals surface area contributed by atoms with Gasteiger partial charge in [0.1, 0.15) is 0 Å². The summed E-state index contributed by atoms with van der Waals surface area (Å²) in [5.74, 6) is -1.49. The van der Waals surface area contributed by atoms with E-state index in [2.05, 4.69) is 9.47 Å². The number of carbonyl (C=O) groups excluding carboxylic acids is 2. The number of esters is 2. The smallest absolute Gasteiger partial charge is 0.339 e. The minimum atomic E-state index is -4.04. The van der Waals surface area contributed by atoms with Gasteiger partial charge >= 0.3 is 11.9 Å². The summed E-state index contributed by atoms with van der Waals surface area (Å²) in [6.07, 6.45) is 0.497. The third kappa shape index (κ3) is 4.60. The number of hydrogen-bond acceptors (Lipinski definition) is 7. The zero-order chi connectivity index (χ0) is 19.7. The van der Waals surface area contributed by atoms with Gasteiger partial charge in [0.2, 0.25) is 10.0 Å². The van der Waals surface area contributed by atoms with Gasteiger partial charge in [-0.1, -0.05) is 13.8 Å². The highest BCUT2D eigenvalue weighted by Crippen LogP contribution is 2.32. The van der Waals surface area contributed by atoms with Crippen LogP contribution in [0.5, 0.6) is 0 Å². The van der Waals surface area contributed by atoms with Crippen molar-refractivity contribution in [2.75, 3.05) is 27.3 Å². The molecule has 2 N–H and O–H groups in total. The van der Waals surface area contributed by atoms with Gasteiger partial charge in [-0.25, -0.2) is 18.0 Å². The third-order valence-corrected chi connectivity index (χ3v) is 6.59. The van der Waals surface area contributed by atoms with Crippen molar-refractivity contribution >= 4 is 34.4 Å². The maximum Gasteiger partial charge on any atom is 0.339 e. The van der Waals surface area contributed by atoms with E-state index in [1.807, 2.05) is 13.8 Å². The van der Waals surface area contributed by atoms with Crippen LogP contribution in [0.15, 0.2) is 23.1 Å². The second-order valence-electron chi connectivity index (χ2n) is 6.92. The number of methoxy groups -OCH3 is 2. The molecule has 0 saturated carbocycles. The number of carbonyl (C=O) groups is 2. The number of nitrogens with zero attached hydrogens (tertiary/aromatic N) is 1. The number of halogens is 1. The Balaban J connectivity index is 0.00000364. The lowest BCUT2D eigenvalue weighted by molar-refractivity contribution is 0.0583. The summed E-state index contributed by atoms with van der Waals surface area (Å²) < 4.78 is 37.0. The molecule has 0 bridgehead atoms. The van der Waals surface area contributed by atoms with Gasteiger partial charge in [-0.15, -0.1) is 12.4 Å². The number of piperidine rings is 1. The van der Waals surface area contributed by atoms with Gasteiger partial charge in [0.25, 0.3) is 0 Å². The van der Waals surface area contributed by atoms with Gasteiger partial charge in [-0.05, 0) is 30.0 Å². The number of nitrogens with two attached hydrogens (primary N) is 1. The van der Waals surface area contributed by atoms with Gasteiger partial charge in [-0.3, -0.25) is 0 Å². The van der Waals surface area contributed by atoms with Crippen molar-refractivity contribution in [3.05, 3.63) is 29.3 Å². The van der Waals surface area contributed by atoms with Crippen LogP contribution in [0.3, 0.4) is 0 Å².